The summed E-state index contributed by atoms with van der Waals surface area (Å²) in [4.78, 5) is 16.3. The molecule has 2 heterocycles. The van der Waals surface area contributed by atoms with Crippen LogP contribution >= 0.6 is 0 Å². The third-order valence-corrected chi connectivity index (χ3v) is 3.94. The molecule has 0 aliphatic heterocycles. The van der Waals surface area contributed by atoms with Gasteiger partial charge in [0.05, 0.1) is 13.5 Å². The Balaban J connectivity index is 1.37. The van der Waals surface area contributed by atoms with Gasteiger partial charge in [0, 0.05) is 10.9 Å². The number of para-hydroxylation sites is 1. The van der Waals surface area contributed by atoms with Gasteiger partial charge in [-0.2, -0.15) is 4.98 Å². The van der Waals surface area contributed by atoms with Crippen molar-refractivity contribution >= 4 is 16.9 Å². The van der Waals surface area contributed by atoms with Crippen LogP contribution in [0.3, 0.4) is 0 Å². The molecule has 0 bridgehead atoms. The van der Waals surface area contributed by atoms with E-state index in [9.17, 15) is 4.79 Å². The highest BCUT2D eigenvalue weighted by atomic mass is 16.6. The minimum atomic E-state index is -0.460. The largest absolute Gasteiger partial charge is 0.497 e. The van der Waals surface area contributed by atoms with E-state index in [1.54, 1.807) is 25.3 Å². The molecule has 4 aromatic rings. The average Bonchev–Trinajstić information content (AvgIpc) is 3.34. The number of rotatable bonds is 6. The highest BCUT2D eigenvalue weighted by Crippen LogP contribution is 2.20. The van der Waals surface area contributed by atoms with Gasteiger partial charge in [-0.3, -0.25) is 4.79 Å². The molecule has 0 aliphatic rings. The fourth-order valence-corrected chi connectivity index (χ4v) is 2.57. The standard InChI is InChI=1S/C19H15N3O5/c1-24-13-8-6-12(7-9-13)19-20-17(27-22-19)11-25-18(23)10-15-14-4-2-3-5-16(14)26-21-15/h2-9H,10-11H2,1H3. The average molecular weight is 365 g/mol. The van der Waals surface area contributed by atoms with Gasteiger partial charge in [0.25, 0.3) is 5.89 Å². The molecule has 0 unspecified atom stereocenters. The van der Waals surface area contributed by atoms with E-state index in [0.717, 1.165) is 16.7 Å². The second-order valence-electron chi connectivity index (χ2n) is 5.70. The molecule has 0 aliphatic carbocycles. The third kappa shape index (κ3) is 3.64. The van der Waals surface area contributed by atoms with Crippen LogP contribution in [0.4, 0.5) is 0 Å². The lowest BCUT2D eigenvalue weighted by Gasteiger charge is -2.00. The minimum Gasteiger partial charge on any atom is -0.497 e. The zero-order chi connectivity index (χ0) is 18.6. The number of hydrogen-bond donors (Lipinski definition) is 0. The van der Waals surface area contributed by atoms with Crippen molar-refractivity contribution in [3.8, 4) is 17.1 Å². The molecule has 8 heteroatoms. The summed E-state index contributed by atoms with van der Waals surface area (Å²) in [5.41, 5.74) is 1.92. The van der Waals surface area contributed by atoms with E-state index in [-0.39, 0.29) is 18.9 Å². The van der Waals surface area contributed by atoms with Gasteiger partial charge in [-0.25, -0.2) is 0 Å². The van der Waals surface area contributed by atoms with Gasteiger partial charge in [-0.1, -0.05) is 22.4 Å². The number of hydrogen-bond acceptors (Lipinski definition) is 8. The van der Waals surface area contributed by atoms with E-state index >= 15 is 0 Å². The molecule has 2 aromatic heterocycles. The summed E-state index contributed by atoms with van der Waals surface area (Å²) in [6, 6.07) is 14.6. The zero-order valence-electron chi connectivity index (χ0n) is 14.4. The van der Waals surface area contributed by atoms with Gasteiger partial charge >= 0.3 is 5.97 Å². The summed E-state index contributed by atoms with van der Waals surface area (Å²) >= 11 is 0. The van der Waals surface area contributed by atoms with Crippen molar-refractivity contribution in [2.24, 2.45) is 0 Å². The van der Waals surface area contributed by atoms with Gasteiger partial charge in [0.1, 0.15) is 11.4 Å². The topological polar surface area (TPSA) is 100 Å². The smallest absolute Gasteiger partial charge is 0.312 e. The second kappa shape index (κ2) is 7.28. The number of carbonyl (C=O) groups excluding carboxylic acids is 1. The van der Waals surface area contributed by atoms with Crippen LogP contribution in [-0.2, 0) is 22.6 Å². The lowest BCUT2D eigenvalue weighted by Crippen LogP contribution is -2.08. The summed E-state index contributed by atoms with van der Waals surface area (Å²) in [6.07, 6.45) is -0.00348. The number of esters is 1. The molecule has 0 spiro atoms. The number of ether oxygens (including phenoxy) is 2. The molecular formula is C19H15N3O5. The van der Waals surface area contributed by atoms with Crippen LogP contribution in [0.15, 0.2) is 57.6 Å². The monoisotopic (exact) mass is 365 g/mol. The molecular weight excluding hydrogens is 350 g/mol. The molecule has 0 saturated carbocycles. The first kappa shape index (κ1) is 16.8. The van der Waals surface area contributed by atoms with E-state index < -0.39 is 5.97 Å². The Bertz CT molecular complexity index is 1070. The summed E-state index contributed by atoms with van der Waals surface area (Å²) in [6.45, 7) is -0.113. The van der Waals surface area contributed by atoms with Gasteiger partial charge in [0.2, 0.25) is 5.82 Å². The molecule has 2 aromatic carbocycles. The lowest BCUT2D eigenvalue weighted by atomic mass is 10.2. The Morgan fingerprint density at radius 2 is 1.85 bits per heavy atom. The van der Waals surface area contributed by atoms with Crippen molar-refractivity contribution in [1.82, 2.24) is 15.3 Å². The van der Waals surface area contributed by atoms with Crippen LogP contribution in [0.5, 0.6) is 5.75 Å². The number of carbonyl (C=O) groups is 1. The van der Waals surface area contributed by atoms with Crippen molar-refractivity contribution < 1.29 is 23.3 Å². The van der Waals surface area contributed by atoms with Gasteiger partial charge in [-0.15, -0.1) is 0 Å². The van der Waals surface area contributed by atoms with E-state index in [1.807, 2.05) is 30.3 Å². The number of benzene rings is 2. The first-order valence-electron chi connectivity index (χ1n) is 8.19. The van der Waals surface area contributed by atoms with Crippen molar-refractivity contribution in [2.45, 2.75) is 13.0 Å². The molecule has 136 valence electrons. The predicted molar refractivity (Wildman–Crippen MR) is 93.8 cm³/mol. The summed E-state index contributed by atoms with van der Waals surface area (Å²) in [5, 5.41) is 8.59. The number of fused-ring (bicyclic) bond motifs is 1. The Kier molecular flexibility index (Phi) is 4.52. The van der Waals surface area contributed by atoms with Crippen molar-refractivity contribution in [1.29, 1.82) is 0 Å². The third-order valence-electron chi connectivity index (χ3n) is 3.94. The number of aromatic nitrogens is 3. The molecule has 0 fully saturated rings. The van der Waals surface area contributed by atoms with E-state index in [2.05, 4.69) is 15.3 Å². The summed E-state index contributed by atoms with van der Waals surface area (Å²) < 4.78 is 20.6. The Hall–Kier alpha value is -3.68. The highest BCUT2D eigenvalue weighted by Gasteiger charge is 2.15. The van der Waals surface area contributed by atoms with Crippen molar-refractivity contribution in [3.63, 3.8) is 0 Å². The predicted octanol–water partition coefficient (Wildman–Crippen LogP) is 3.17. The van der Waals surface area contributed by atoms with Crippen LogP contribution in [0.2, 0.25) is 0 Å². The van der Waals surface area contributed by atoms with Crippen LogP contribution in [0.1, 0.15) is 11.6 Å². The molecule has 0 amide bonds. The lowest BCUT2D eigenvalue weighted by molar-refractivity contribution is -0.145. The molecule has 0 radical (unpaired) electrons. The second-order valence-corrected chi connectivity index (χ2v) is 5.70. The quantitative estimate of drug-likeness (QED) is 0.480. The highest BCUT2D eigenvalue weighted by molar-refractivity contribution is 5.84. The Morgan fingerprint density at radius 3 is 2.67 bits per heavy atom. The molecule has 4 rings (SSSR count). The van der Waals surface area contributed by atoms with E-state index in [1.165, 1.54) is 0 Å². The fourth-order valence-electron chi connectivity index (χ4n) is 2.57. The summed E-state index contributed by atoms with van der Waals surface area (Å²) in [5.74, 6) is 0.889. The van der Waals surface area contributed by atoms with Gasteiger partial charge < -0.3 is 18.5 Å². The van der Waals surface area contributed by atoms with Crippen LogP contribution in [0, 0.1) is 0 Å². The summed E-state index contributed by atoms with van der Waals surface area (Å²) in [7, 11) is 1.59. The molecule has 0 atom stereocenters. The molecule has 27 heavy (non-hydrogen) atoms. The molecule has 8 nitrogen and oxygen atoms in total. The van der Waals surface area contributed by atoms with Crippen molar-refractivity contribution in [3.05, 3.63) is 60.1 Å². The van der Waals surface area contributed by atoms with Crippen LogP contribution in [-0.4, -0.2) is 28.4 Å². The Morgan fingerprint density at radius 1 is 1.04 bits per heavy atom. The van der Waals surface area contributed by atoms with Crippen molar-refractivity contribution in [2.75, 3.05) is 7.11 Å². The maximum Gasteiger partial charge on any atom is 0.312 e. The SMILES string of the molecule is COc1ccc(-c2noc(COC(=O)Cc3noc4ccccc34)n2)cc1. The van der Waals surface area contributed by atoms with Gasteiger partial charge in [-0.05, 0) is 36.4 Å². The van der Waals surface area contributed by atoms with Crippen LogP contribution < -0.4 is 4.74 Å². The fraction of sp³-hybridized carbons (Fsp3) is 0.158. The van der Waals surface area contributed by atoms with E-state index in [0.29, 0.717) is 17.1 Å². The maximum atomic E-state index is 12.1. The molecule has 0 N–H and O–H groups in total. The molecule has 0 saturated heterocycles. The Labute approximate surface area is 153 Å². The first-order chi connectivity index (χ1) is 13.2. The number of nitrogens with zero attached hydrogens (tertiary/aromatic N) is 3. The van der Waals surface area contributed by atoms with Crippen LogP contribution in [0.25, 0.3) is 22.4 Å². The maximum absolute atomic E-state index is 12.1. The van der Waals surface area contributed by atoms with Gasteiger partial charge in [0.15, 0.2) is 12.2 Å². The zero-order valence-corrected chi connectivity index (χ0v) is 14.4. The minimum absolute atomic E-state index is 0.00348. The van der Waals surface area contributed by atoms with E-state index in [4.69, 9.17) is 18.5 Å². The number of methoxy groups -OCH3 is 1. The first-order valence-corrected chi connectivity index (χ1v) is 8.19. The normalized spacial score (nSPS) is 10.9.